The Morgan fingerprint density at radius 1 is 1.23 bits per heavy atom. The summed E-state index contributed by atoms with van der Waals surface area (Å²) in [5, 5.41) is 0. The molecule has 7 heteroatoms. The summed E-state index contributed by atoms with van der Waals surface area (Å²) in [7, 11) is -2.58. The first-order valence-corrected chi connectivity index (χ1v) is 12.0. The quantitative estimate of drug-likeness (QED) is 0.367. The Labute approximate surface area is 179 Å². The van der Waals surface area contributed by atoms with Gasteiger partial charge in [0.05, 0.1) is 18.6 Å². The highest BCUT2D eigenvalue weighted by Gasteiger charge is 2.66. The second kappa shape index (κ2) is 8.42. The lowest BCUT2D eigenvalue weighted by atomic mass is 9.61. The largest absolute Gasteiger partial charge is 0.468 e. The second-order valence-electron chi connectivity index (χ2n) is 9.22. The number of carbonyl (C=O) groups is 2. The Morgan fingerprint density at radius 3 is 2.43 bits per heavy atom. The summed E-state index contributed by atoms with van der Waals surface area (Å²) in [5.41, 5.74) is -0.233. The fourth-order valence-corrected chi connectivity index (χ4v) is 6.60. The number of hydrogen-bond donors (Lipinski definition) is 0. The number of Topliss-reactive ketones (excluding diaryl/α,β-unsaturated/α-hetero) is 1. The summed E-state index contributed by atoms with van der Waals surface area (Å²) < 4.78 is 35.5. The molecule has 3 rings (SSSR count). The molecule has 2 aliphatic rings. The highest BCUT2D eigenvalue weighted by Crippen LogP contribution is 2.61. The number of aryl methyl sites for hydroxylation is 1. The Bertz CT molecular complexity index is 904. The maximum Gasteiger partial charge on any atom is 0.319 e. The van der Waals surface area contributed by atoms with Crippen LogP contribution in [0.25, 0.3) is 0 Å². The first-order chi connectivity index (χ1) is 14.0. The fraction of sp³-hybridized carbons (Fsp3) is 0.652. The molecule has 0 unspecified atom stereocenters. The van der Waals surface area contributed by atoms with Crippen molar-refractivity contribution in [1.82, 2.24) is 0 Å². The molecule has 166 valence electrons. The molecule has 0 saturated heterocycles. The summed E-state index contributed by atoms with van der Waals surface area (Å²) in [6.07, 6.45) is 1.52. The number of benzene rings is 1. The molecule has 2 saturated carbocycles. The van der Waals surface area contributed by atoms with Crippen molar-refractivity contribution in [3.63, 3.8) is 0 Å². The van der Waals surface area contributed by atoms with Crippen LogP contribution in [0.5, 0.6) is 0 Å². The van der Waals surface area contributed by atoms with Crippen LogP contribution in [-0.2, 0) is 28.6 Å². The standard InChI is InChI=1S/C23H32O6S/c1-14(2)19-13-23(22(25)28-5)20(18(19)12-16(4)21(23)24)10-11-29-30(26,27)17-8-6-15(3)7-9-17/h6-9,14,16,18-20H,10-13H2,1-5H3/t16-,18+,19+,20+,23+/m1/s1. The average Bonchev–Trinajstić information content (AvgIpc) is 2.95. The van der Waals surface area contributed by atoms with Gasteiger partial charge in [0.2, 0.25) is 0 Å². The topological polar surface area (TPSA) is 86.7 Å². The van der Waals surface area contributed by atoms with Crippen molar-refractivity contribution in [2.24, 2.45) is 35.0 Å². The summed E-state index contributed by atoms with van der Waals surface area (Å²) in [5.74, 6) is -0.321. The summed E-state index contributed by atoms with van der Waals surface area (Å²) in [6.45, 7) is 7.92. The number of ketones is 1. The van der Waals surface area contributed by atoms with Gasteiger partial charge >= 0.3 is 5.97 Å². The Morgan fingerprint density at radius 2 is 1.87 bits per heavy atom. The van der Waals surface area contributed by atoms with E-state index in [1.807, 2.05) is 13.8 Å². The molecule has 5 atom stereocenters. The van der Waals surface area contributed by atoms with Gasteiger partial charge < -0.3 is 4.74 Å². The molecule has 2 fully saturated rings. The number of esters is 1. The van der Waals surface area contributed by atoms with Gasteiger partial charge in [-0.2, -0.15) is 8.42 Å². The third-order valence-corrected chi connectivity index (χ3v) is 8.48. The maximum absolute atomic E-state index is 13.2. The lowest BCUT2D eigenvalue weighted by Gasteiger charge is -2.40. The van der Waals surface area contributed by atoms with Crippen molar-refractivity contribution in [3.05, 3.63) is 29.8 Å². The first kappa shape index (κ1) is 22.9. The minimum atomic E-state index is -3.89. The molecule has 2 aliphatic carbocycles. The van der Waals surface area contributed by atoms with Crippen molar-refractivity contribution in [1.29, 1.82) is 0 Å². The number of fused-ring (bicyclic) bond motifs is 2. The van der Waals surface area contributed by atoms with Crippen molar-refractivity contribution in [2.45, 2.75) is 51.9 Å². The van der Waals surface area contributed by atoms with Crippen LogP contribution in [0.1, 0.15) is 45.6 Å². The van der Waals surface area contributed by atoms with Gasteiger partial charge in [0.25, 0.3) is 10.1 Å². The minimum Gasteiger partial charge on any atom is -0.468 e. The fourth-order valence-electron chi connectivity index (χ4n) is 5.68. The predicted octanol–water partition coefficient (Wildman–Crippen LogP) is 3.77. The van der Waals surface area contributed by atoms with Gasteiger partial charge in [0, 0.05) is 5.92 Å². The minimum absolute atomic E-state index is 0.0669. The molecular weight excluding hydrogens is 404 g/mol. The normalized spacial score (nSPS) is 31.2. The van der Waals surface area contributed by atoms with Crippen molar-refractivity contribution < 1.29 is 26.9 Å². The van der Waals surface area contributed by atoms with Crippen LogP contribution < -0.4 is 0 Å². The van der Waals surface area contributed by atoms with Gasteiger partial charge in [-0.25, -0.2) is 0 Å². The highest BCUT2D eigenvalue weighted by molar-refractivity contribution is 7.86. The van der Waals surface area contributed by atoms with Crippen LogP contribution in [0.3, 0.4) is 0 Å². The van der Waals surface area contributed by atoms with Gasteiger partial charge in [0.1, 0.15) is 5.41 Å². The van der Waals surface area contributed by atoms with Crippen molar-refractivity contribution in [3.8, 4) is 0 Å². The van der Waals surface area contributed by atoms with Gasteiger partial charge in [-0.3, -0.25) is 13.8 Å². The Hall–Kier alpha value is -1.73. The van der Waals surface area contributed by atoms with Crippen LogP contribution >= 0.6 is 0 Å². The summed E-state index contributed by atoms with van der Waals surface area (Å²) in [6, 6.07) is 6.48. The zero-order valence-electron chi connectivity index (χ0n) is 18.4. The van der Waals surface area contributed by atoms with Gasteiger partial charge in [-0.05, 0) is 62.0 Å². The number of carbonyl (C=O) groups excluding carboxylic acids is 2. The van der Waals surface area contributed by atoms with Crippen LogP contribution in [0.2, 0.25) is 0 Å². The molecule has 1 aromatic carbocycles. The van der Waals surface area contributed by atoms with E-state index in [-0.39, 0.29) is 41.0 Å². The van der Waals surface area contributed by atoms with E-state index in [9.17, 15) is 18.0 Å². The number of hydrogen-bond acceptors (Lipinski definition) is 6. The lowest BCUT2D eigenvalue weighted by Crippen LogP contribution is -2.50. The van der Waals surface area contributed by atoms with Gasteiger partial charge in [0.15, 0.2) is 5.78 Å². The third kappa shape index (κ3) is 3.82. The van der Waals surface area contributed by atoms with Crippen molar-refractivity contribution in [2.75, 3.05) is 13.7 Å². The first-order valence-electron chi connectivity index (χ1n) is 10.6. The molecule has 0 heterocycles. The molecular formula is C23H32O6S. The van der Waals surface area contributed by atoms with E-state index in [0.717, 1.165) is 12.0 Å². The Balaban J connectivity index is 1.83. The van der Waals surface area contributed by atoms with E-state index in [4.69, 9.17) is 8.92 Å². The zero-order chi connectivity index (χ0) is 22.3. The molecule has 0 amide bonds. The summed E-state index contributed by atoms with van der Waals surface area (Å²) in [4.78, 5) is 26.2. The van der Waals surface area contributed by atoms with E-state index < -0.39 is 21.5 Å². The zero-order valence-corrected chi connectivity index (χ0v) is 19.2. The molecule has 2 bridgehead atoms. The summed E-state index contributed by atoms with van der Waals surface area (Å²) >= 11 is 0. The van der Waals surface area contributed by atoms with Gasteiger partial charge in [-0.1, -0.05) is 38.5 Å². The molecule has 0 radical (unpaired) electrons. The lowest BCUT2D eigenvalue weighted by molar-refractivity contribution is -0.165. The number of ether oxygens (including phenoxy) is 1. The average molecular weight is 437 g/mol. The van der Waals surface area contributed by atoms with E-state index in [1.165, 1.54) is 19.2 Å². The smallest absolute Gasteiger partial charge is 0.319 e. The molecule has 6 nitrogen and oxygen atoms in total. The monoisotopic (exact) mass is 436 g/mol. The maximum atomic E-state index is 13.2. The van der Waals surface area contributed by atoms with E-state index >= 15 is 0 Å². The third-order valence-electron chi connectivity index (χ3n) is 7.15. The highest BCUT2D eigenvalue weighted by atomic mass is 32.2. The SMILES string of the molecule is COC(=O)[C@]12C[C@@H](C(C)C)[C@H](C[C@@H](C)C1=O)[C@@H]2CCOS(=O)(=O)c1ccc(C)cc1. The van der Waals surface area contributed by atoms with Crippen LogP contribution in [-0.4, -0.2) is 33.9 Å². The molecule has 30 heavy (non-hydrogen) atoms. The molecule has 0 aliphatic heterocycles. The second-order valence-corrected chi connectivity index (χ2v) is 10.8. The van der Waals surface area contributed by atoms with Crippen LogP contribution in [0, 0.1) is 41.9 Å². The van der Waals surface area contributed by atoms with Gasteiger partial charge in [-0.15, -0.1) is 0 Å². The predicted molar refractivity (Wildman–Crippen MR) is 112 cm³/mol. The van der Waals surface area contributed by atoms with Crippen molar-refractivity contribution >= 4 is 21.9 Å². The molecule has 0 spiro atoms. The van der Waals surface area contributed by atoms with E-state index in [1.54, 1.807) is 12.1 Å². The number of methoxy groups -OCH3 is 1. The van der Waals surface area contributed by atoms with E-state index in [2.05, 4.69) is 13.8 Å². The van der Waals surface area contributed by atoms with Crippen LogP contribution in [0.15, 0.2) is 29.2 Å². The number of rotatable bonds is 7. The van der Waals surface area contributed by atoms with Crippen LogP contribution in [0.4, 0.5) is 0 Å². The Kier molecular flexibility index (Phi) is 6.44. The van der Waals surface area contributed by atoms with E-state index in [0.29, 0.717) is 18.8 Å². The molecule has 1 aromatic rings. The molecule has 0 aromatic heterocycles. The molecule has 0 N–H and O–H groups in total.